The summed E-state index contributed by atoms with van der Waals surface area (Å²) < 4.78 is 7.52. The van der Waals surface area contributed by atoms with Gasteiger partial charge in [0.1, 0.15) is 5.75 Å². The molecule has 2 heterocycles. The van der Waals surface area contributed by atoms with Gasteiger partial charge in [0.15, 0.2) is 0 Å². The molecule has 26 heavy (non-hydrogen) atoms. The van der Waals surface area contributed by atoms with E-state index in [9.17, 15) is 9.59 Å². The normalized spacial score (nSPS) is 17.0. The number of aryl methyl sites for hydroxylation is 1. The fourth-order valence-corrected chi connectivity index (χ4v) is 4.03. The topological polar surface area (TPSA) is 71.8 Å². The number of rotatable bonds is 6. The van der Waals surface area contributed by atoms with Crippen LogP contribution in [0.3, 0.4) is 0 Å². The molecule has 1 aromatic carbocycles. The highest BCUT2D eigenvalue weighted by atomic mass is 16.5. The zero-order valence-corrected chi connectivity index (χ0v) is 15.6. The largest absolute Gasteiger partial charge is 0.497 e. The molecular weight excluding hydrogens is 332 g/mol. The van der Waals surface area contributed by atoms with Gasteiger partial charge < -0.3 is 19.3 Å². The van der Waals surface area contributed by atoms with Crippen molar-refractivity contribution in [1.29, 1.82) is 0 Å². The highest BCUT2D eigenvalue weighted by Gasteiger charge is 2.33. The Morgan fingerprint density at radius 3 is 2.77 bits per heavy atom. The lowest BCUT2D eigenvalue weighted by atomic mass is 10.1. The zero-order chi connectivity index (χ0) is 18.8. The average Bonchev–Trinajstić information content (AvgIpc) is 3.17. The van der Waals surface area contributed by atoms with Gasteiger partial charge in [0.25, 0.3) is 5.91 Å². The van der Waals surface area contributed by atoms with Crippen LogP contribution in [0.15, 0.2) is 18.2 Å². The number of benzene rings is 1. The van der Waals surface area contributed by atoms with Crippen molar-refractivity contribution in [1.82, 2.24) is 9.47 Å². The van der Waals surface area contributed by atoms with Crippen LogP contribution in [-0.2, 0) is 11.3 Å². The summed E-state index contributed by atoms with van der Waals surface area (Å²) in [6.07, 6.45) is 2.56. The first kappa shape index (κ1) is 18.3. The number of fused-ring (bicyclic) bond motifs is 1. The molecule has 0 radical (unpaired) electrons. The maximum Gasteiger partial charge on any atom is 0.305 e. The van der Waals surface area contributed by atoms with E-state index in [0.717, 1.165) is 42.4 Å². The first-order valence-corrected chi connectivity index (χ1v) is 9.17. The molecule has 0 aliphatic carbocycles. The van der Waals surface area contributed by atoms with Gasteiger partial charge in [-0.3, -0.25) is 9.59 Å². The van der Waals surface area contributed by atoms with E-state index < -0.39 is 5.97 Å². The minimum atomic E-state index is -0.860. The fourth-order valence-electron chi connectivity index (χ4n) is 4.03. The number of carbonyl (C=O) groups excluding carboxylic acids is 1. The summed E-state index contributed by atoms with van der Waals surface area (Å²) in [5, 5.41) is 10.0. The summed E-state index contributed by atoms with van der Waals surface area (Å²) in [6.45, 7) is 5.53. The number of hydrogen-bond acceptors (Lipinski definition) is 3. The third-order valence-corrected chi connectivity index (χ3v) is 5.24. The number of nitrogens with zero attached hydrogens (tertiary/aromatic N) is 2. The first-order chi connectivity index (χ1) is 12.5. The second kappa shape index (κ2) is 7.40. The summed E-state index contributed by atoms with van der Waals surface area (Å²) >= 11 is 0. The van der Waals surface area contributed by atoms with E-state index in [2.05, 4.69) is 11.5 Å². The van der Waals surface area contributed by atoms with E-state index in [1.165, 1.54) is 0 Å². The van der Waals surface area contributed by atoms with Gasteiger partial charge in [0, 0.05) is 35.7 Å². The van der Waals surface area contributed by atoms with E-state index in [4.69, 9.17) is 9.84 Å². The lowest BCUT2D eigenvalue weighted by molar-refractivity contribution is -0.137. The van der Waals surface area contributed by atoms with Crippen molar-refractivity contribution in [2.45, 2.75) is 52.1 Å². The molecule has 6 heteroatoms. The molecule has 1 unspecified atom stereocenters. The maximum atomic E-state index is 13.4. The molecule has 1 aliphatic heterocycles. The molecule has 1 aromatic heterocycles. The summed E-state index contributed by atoms with van der Waals surface area (Å²) in [6, 6.07) is 5.58. The molecule has 1 atom stereocenters. The van der Waals surface area contributed by atoms with Crippen LogP contribution in [0.25, 0.3) is 10.9 Å². The van der Waals surface area contributed by atoms with E-state index in [0.29, 0.717) is 17.9 Å². The van der Waals surface area contributed by atoms with Crippen LogP contribution in [0.4, 0.5) is 0 Å². The number of likely N-dealkylation sites (tertiary alicyclic amines) is 1. The lowest BCUT2D eigenvalue weighted by Gasteiger charge is -2.24. The molecule has 0 saturated carbocycles. The number of aliphatic carboxylic acids is 1. The van der Waals surface area contributed by atoms with Crippen LogP contribution in [0.2, 0.25) is 0 Å². The smallest absolute Gasteiger partial charge is 0.305 e. The number of hydrogen-bond donors (Lipinski definition) is 1. The molecule has 0 bridgehead atoms. The molecular formula is C20H26N2O4. The lowest BCUT2D eigenvalue weighted by Crippen LogP contribution is -2.37. The first-order valence-electron chi connectivity index (χ1n) is 9.17. The highest BCUT2D eigenvalue weighted by Crippen LogP contribution is 2.32. The summed E-state index contributed by atoms with van der Waals surface area (Å²) in [5.41, 5.74) is 2.62. The summed E-state index contributed by atoms with van der Waals surface area (Å²) in [5.74, 6) is -0.218. The Bertz CT molecular complexity index is 840. The fraction of sp³-hybridized carbons (Fsp3) is 0.500. The SMILES string of the molecule is CCCn1c(C)c(C(=O)N2CCCC2CC(=O)O)c2cc(OC)ccc21. The molecule has 1 N–H and O–H groups in total. The Balaban J connectivity index is 2.09. The standard InChI is InChI=1S/C20H26N2O4/c1-4-9-21-13(2)19(16-12-15(26-3)7-8-17(16)21)20(25)22-10-5-6-14(22)11-18(23)24/h7-8,12,14H,4-6,9-11H2,1-3H3,(H,23,24). The molecule has 3 rings (SSSR count). The van der Waals surface area contributed by atoms with Gasteiger partial charge in [-0.15, -0.1) is 0 Å². The molecule has 2 aromatic rings. The molecule has 1 fully saturated rings. The number of ether oxygens (including phenoxy) is 1. The van der Waals surface area contributed by atoms with Gasteiger partial charge in [-0.25, -0.2) is 0 Å². The molecule has 140 valence electrons. The van der Waals surface area contributed by atoms with Gasteiger partial charge in [-0.2, -0.15) is 0 Å². The molecule has 6 nitrogen and oxygen atoms in total. The third-order valence-electron chi connectivity index (χ3n) is 5.24. The second-order valence-corrected chi connectivity index (χ2v) is 6.89. The Kier molecular flexibility index (Phi) is 5.20. The highest BCUT2D eigenvalue weighted by molar-refractivity contribution is 6.09. The van der Waals surface area contributed by atoms with E-state index in [1.807, 2.05) is 25.1 Å². The van der Waals surface area contributed by atoms with Crippen LogP contribution in [-0.4, -0.2) is 46.1 Å². The van der Waals surface area contributed by atoms with Crippen molar-refractivity contribution < 1.29 is 19.4 Å². The monoisotopic (exact) mass is 358 g/mol. The van der Waals surface area contributed by atoms with Gasteiger partial charge >= 0.3 is 5.97 Å². The van der Waals surface area contributed by atoms with Crippen molar-refractivity contribution in [2.24, 2.45) is 0 Å². The number of aromatic nitrogens is 1. The Labute approximate surface area is 153 Å². The summed E-state index contributed by atoms with van der Waals surface area (Å²) in [7, 11) is 1.61. The maximum absolute atomic E-state index is 13.4. The molecule has 0 spiro atoms. The zero-order valence-electron chi connectivity index (χ0n) is 15.6. The number of methoxy groups -OCH3 is 1. The molecule has 1 saturated heterocycles. The van der Waals surface area contributed by atoms with Gasteiger partial charge in [0.2, 0.25) is 0 Å². The molecule has 1 aliphatic rings. The Morgan fingerprint density at radius 2 is 2.12 bits per heavy atom. The second-order valence-electron chi connectivity index (χ2n) is 6.89. The van der Waals surface area contributed by atoms with E-state index in [1.54, 1.807) is 12.0 Å². The number of carbonyl (C=O) groups is 2. The van der Waals surface area contributed by atoms with Crippen molar-refractivity contribution in [3.8, 4) is 5.75 Å². The quantitative estimate of drug-likeness (QED) is 0.858. The minimum absolute atomic E-state index is 0.00170. The predicted octanol–water partition coefficient (Wildman–Crippen LogP) is 3.45. The van der Waals surface area contributed by atoms with Crippen molar-refractivity contribution in [2.75, 3.05) is 13.7 Å². The van der Waals surface area contributed by atoms with Crippen LogP contribution in [0.5, 0.6) is 5.75 Å². The Hall–Kier alpha value is -2.50. The third kappa shape index (κ3) is 3.16. The summed E-state index contributed by atoms with van der Waals surface area (Å²) in [4.78, 5) is 26.3. The van der Waals surface area contributed by atoms with Crippen molar-refractivity contribution >= 4 is 22.8 Å². The minimum Gasteiger partial charge on any atom is -0.497 e. The van der Waals surface area contributed by atoms with Gasteiger partial charge in [-0.05, 0) is 44.4 Å². The van der Waals surface area contributed by atoms with Crippen molar-refractivity contribution in [3.63, 3.8) is 0 Å². The van der Waals surface area contributed by atoms with Crippen molar-refractivity contribution in [3.05, 3.63) is 29.5 Å². The molecule has 1 amide bonds. The van der Waals surface area contributed by atoms with Crippen LogP contribution in [0.1, 0.15) is 48.7 Å². The number of carboxylic acid groups (broad SMARTS) is 1. The predicted molar refractivity (Wildman–Crippen MR) is 99.8 cm³/mol. The number of amides is 1. The number of carboxylic acids is 1. The van der Waals surface area contributed by atoms with E-state index in [-0.39, 0.29) is 18.4 Å². The van der Waals surface area contributed by atoms with Crippen LogP contribution in [0, 0.1) is 6.92 Å². The van der Waals surface area contributed by atoms with Gasteiger partial charge in [0.05, 0.1) is 19.1 Å². The van der Waals surface area contributed by atoms with Crippen LogP contribution < -0.4 is 4.74 Å². The average molecular weight is 358 g/mol. The Morgan fingerprint density at radius 1 is 1.35 bits per heavy atom. The van der Waals surface area contributed by atoms with Gasteiger partial charge in [-0.1, -0.05) is 6.92 Å². The van der Waals surface area contributed by atoms with Crippen LogP contribution >= 0.6 is 0 Å². The van der Waals surface area contributed by atoms with E-state index >= 15 is 0 Å².